The van der Waals surface area contributed by atoms with Gasteiger partial charge in [0.2, 0.25) is 5.91 Å². The van der Waals surface area contributed by atoms with E-state index in [9.17, 15) is 14.4 Å². The summed E-state index contributed by atoms with van der Waals surface area (Å²) in [5.41, 5.74) is 1.67. The van der Waals surface area contributed by atoms with Crippen LogP contribution >= 0.6 is 0 Å². The fourth-order valence-electron chi connectivity index (χ4n) is 2.76. The van der Waals surface area contributed by atoms with E-state index in [1.54, 1.807) is 0 Å². The molecule has 2 aromatic rings. The molecule has 0 aliphatic rings. The van der Waals surface area contributed by atoms with Crippen molar-refractivity contribution >= 4 is 18.0 Å². The van der Waals surface area contributed by atoms with Gasteiger partial charge in [0.05, 0.1) is 7.11 Å². The third-order valence-corrected chi connectivity index (χ3v) is 4.31. The zero-order valence-corrected chi connectivity index (χ0v) is 16.9. The number of ether oxygens (including phenoxy) is 2. The highest BCUT2D eigenvalue weighted by Crippen LogP contribution is 2.07. The first-order valence-electron chi connectivity index (χ1n) is 9.53. The average Bonchev–Trinajstić information content (AvgIpc) is 2.77. The fraction of sp³-hybridized carbons (Fsp3) is 0.261. The van der Waals surface area contributed by atoms with E-state index in [1.807, 2.05) is 60.7 Å². The first-order valence-corrected chi connectivity index (χ1v) is 9.53. The van der Waals surface area contributed by atoms with Crippen LogP contribution in [0.3, 0.4) is 0 Å². The number of nitrogens with one attached hydrogen (secondary N) is 2. The number of carbonyl (C=O) groups is 3. The molecule has 2 atom stereocenters. The minimum atomic E-state index is -0.937. The van der Waals surface area contributed by atoms with Crippen LogP contribution in [-0.4, -0.2) is 37.2 Å². The monoisotopic (exact) mass is 410 g/mol. The standard InChI is InChI=1S/C23H26N2O5/c1-3-10-19(22(27)29-2)24-21(26)20(15-17-11-6-4-7-12-17)25-23(28)30-16-18-13-8-5-9-14-18/h3-9,11-14,19-20H,1,10,15-16H2,2H3,(H,24,26)(H,25,28)/t19-,20+/m1/s1. The van der Waals surface area contributed by atoms with Gasteiger partial charge in [-0.25, -0.2) is 9.59 Å². The van der Waals surface area contributed by atoms with E-state index in [4.69, 9.17) is 9.47 Å². The number of rotatable bonds is 10. The Morgan fingerprint density at radius 2 is 1.53 bits per heavy atom. The number of hydrogen-bond acceptors (Lipinski definition) is 5. The van der Waals surface area contributed by atoms with Gasteiger partial charge in [-0.2, -0.15) is 0 Å². The SMILES string of the molecule is C=CC[C@@H](NC(=O)[C@H](Cc1ccccc1)NC(=O)OCc1ccccc1)C(=O)OC. The lowest BCUT2D eigenvalue weighted by Crippen LogP contribution is -2.52. The minimum absolute atomic E-state index is 0.0770. The second-order valence-corrected chi connectivity index (χ2v) is 6.56. The molecule has 0 heterocycles. The first-order chi connectivity index (χ1) is 14.5. The number of benzene rings is 2. The third-order valence-electron chi connectivity index (χ3n) is 4.31. The smallest absolute Gasteiger partial charge is 0.408 e. The largest absolute Gasteiger partial charge is 0.467 e. The van der Waals surface area contributed by atoms with Crippen molar-refractivity contribution < 1.29 is 23.9 Å². The molecule has 2 aromatic carbocycles. The van der Waals surface area contributed by atoms with Crippen LogP contribution < -0.4 is 10.6 Å². The Morgan fingerprint density at radius 1 is 0.933 bits per heavy atom. The van der Waals surface area contributed by atoms with E-state index in [0.29, 0.717) is 0 Å². The Balaban J connectivity index is 2.06. The van der Waals surface area contributed by atoms with Crippen LogP contribution in [0.15, 0.2) is 73.3 Å². The summed E-state index contributed by atoms with van der Waals surface area (Å²) in [6.07, 6.45) is 1.22. The highest BCUT2D eigenvalue weighted by atomic mass is 16.5. The number of esters is 1. The number of methoxy groups -OCH3 is 1. The number of alkyl carbamates (subject to hydrolysis) is 1. The zero-order valence-electron chi connectivity index (χ0n) is 16.9. The highest BCUT2D eigenvalue weighted by Gasteiger charge is 2.27. The number of amides is 2. The van der Waals surface area contributed by atoms with Gasteiger partial charge in [-0.15, -0.1) is 6.58 Å². The van der Waals surface area contributed by atoms with Crippen molar-refractivity contribution in [3.8, 4) is 0 Å². The Bertz CT molecular complexity index is 839. The number of hydrogen-bond donors (Lipinski definition) is 2. The van der Waals surface area contributed by atoms with Crippen molar-refractivity contribution in [3.05, 3.63) is 84.4 Å². The summed E-state index contributed by atoms with van der Waals surface area (Å²) in [6.45, 7) is 3.67. The van der Waals surface area contributed by atoms with E-state index in [-0.39, 0.29) is 19.4 Å². The Kier molecular flexibility index (Phi) is 9.12. The van der Waals surface area contributed by atoms with Gasteiger partial charge in [0.1, 0.15) is 18.7 Å². The molecular formula is C23H26N2O5. The molecule has 7 heteroatoms. The topological polar surface area (TPSA) is 93.7 Å². The van der Waals surface area contributed by atoms with Gasteiger partial charge in [-0.3, -0.25) is 4.79 Å². The molecular weight excluding hydrogens is 384 g/mol. The average molecular weight is 410 g/mol. The second-order valence-electron chi connectivity index (χ2n) is 6.56. The number of carbonyl (C=O) groups excluding carboxylic acids is 3. The molecule has 30 heavy (non-hydrogen) atoms. The Hall–Kier alpha value is -3.61. The van der Waals surface area contributed by atoms with Crippen molar-refractivity contribution in [1.29, 1.82) is 0 Å². The van der Waals surface area contributed by atoms with Crippen LogP contribution in [0.4, 0.5) is 4.79 Å². The predicted molar refractivity (Wildman–Crippen MR) is 112 cm³/mol. The summed E-state index contributed by atoms with van der Waals surface area (Å²) in [5.74, 6) is -1.11. The fourth-order valence-corrected chi connectivity index (χ4v) is 2.76. The summed E-state index contributed by atoms with van der Waals surface area (Å²) in [4.78, 5) is 37.0. The molecule has 0 bridgehead atoms. The van der Waals surface area contributed by atoms with Gasteiger partial charge >= 0.3 is 12.1 Å². The summed E-state index contributed by atoms with van der Waals surface area (Å²) in [7, 11) is 1.24. The molecule has 158 valence electrons. The molecule has 0 spiro atoms. The van der Waals surface area contributed by atoms with Gasteiger partial charge in [0.15, 0.2) is 0 Å². The van der Waals surface area contributed by atoms with Crippen LogP contribution in [0.2, 0.25) is 0 Å². The predicted octanol–water partition coefficient (Wildman–Crippen LogP) is 2.76. The van der Waals surface area contributed by atoms with Gasteiger partial charge in [0, 0.05) is 6.42 Å². The van der Waals surface area contributed by atoms with Gasteiger partial charge in [0.25, 0.3) is 0 Å². The third kappa shape index (κ3) is 7.43. The van der Waals surface area contributed by atoms with Crippen molar-refractivity contribution in [1.82, 2.24) is 10.6 Å². The minimum Gasteiger partial charge on any atom is -0.467 e. The summed E-state index contributed by atoms with van der Waals surface area (Å²) in [6, 6.07) is 16.6. The molecule has 0 aliphatic carbocycles. The highest BCUT2D eigenvalue weighted by molar-refractivity contribution is 5.90. The van der Waals surface area contributed by atoms with Gasteiger partial charge in [-0.05, 0) is 17.5 Å². The molecule has 2 rings (SSSR count). The molecule has 2 N–H and O–H groups in total. The lowest BCUT2D eigenvalue weighted by molar-refractivity contribution is -0.145. The molecule has 0 aliphatic heterocycles. The molecule has 0 unspecified atom stereocenters. The molecule has 0 saturated heterocycles. The summed E-state index contributed by atoms with van der Waals surface area (Å²) in [5, 5.41) is 5.20. The first kappa shape index (κ1) is 22.7. The van der Waals surface area contributed by atoms with E-state index in [1.165, 1.54) is 13.2 Å². The molecule has 0 radical (unpaired) electrons. The Morgan fingerprint density at radius 3 is 2.10 bits per heavy atom. The van der Waals surface area contributed by atoms with Crippen molar-refractivity contribution in [3.63, 3.8) is 0 Å². The van der Waals surface area contributed by atoms with Crippen LogP contribution in [0, 0.1) is 0 Å². The van der Waals surface area contributed by atoms with Crippen LogP contribution in [-0.2, 0) is 32.1 Å². The van der Waals surface area contributed by atoms with Crippen LogP contribution in [0.25, 0.3) is 0 Å². The van der Waals surface area contributed by atoms with Crippen molar-refractivity contribution in [2.45, 2.75) is 31.5 Å². The molecule has 0 fully saturated rings. The Labute approximate surface area is 176 Å². The van der Waals surface area contributed by atoms with E-state index in [2.05, 4.69) is 17.2 Å². The maximum absolute atomic E-state index is 12.8. The second kappa shape index (κ2) is 12.1. The van der Waals surface area contributed by atoms with Gasteiger partial charge < -0.3 is 20.1 Å². The summed E-state index contributed by atoms with van der Waals surface area (Å²) >= 11 is 0. The molecule has 7 nitrogen and oxygen atoms in total. The normalized spacial score (nSPS) is 12.2. The molecule has 0 aromatic heterocycles. The molecule has 0 saturated carbocycles. The van der Waals surface area contributed by atoms with Crippen molar-refractivity contribution in [2.75, 3.05) is 7.11 Å². The van der Waals surface area contributed by atoms with Gasteiger partial charge in [-0.1, -0.05) is 66.7 Å². The quantitative estimate of drug-likeness (QED) is 0.464. The summed E-state index contributed by atoms with van der Waals surface area (Å²) < 4.78 is 9.95. The zero-order chi connectivity index (χ0) is 21.8. The van der Waals surface area contributed by atoms with E-state index >= 15 is 0 Å². The van der Waals surface area contributed by atoms with Crippen LogP contribution in [0.1, 0.15) is 17.5 Å². The lowest BCUT2D eigenvalue weighted by Gasteiger charge is -2.21. The van der Waals surface area contributed by atoms with E-state index in [0.717, 1.165) is 11.1 Å². The van der Waals surface area contributed by atoms with E-state index < -0.39 is 30.1 Å². The van der Waals surface area contributed by atoms with Crippen molar-refractivity contribution in [2.24, 2.45) is 0 Å². The molecule has 2 amide bonds. The maximum atomic E-state index is 12.8. The van der Waals surface area contributed by atoms with Crippen LogP contribution in [0.5, 0.6) is 0 Å². The lowest BCUT2D eigenvalue weighted by atomic mass is 10.0. The maximum Gasteiger partial charge on any atom is 0.408 e.